The number of amides is 1. The number of likely N-dealkylation sites (tertiary alicyclic amines) is 1. The minimum absolute atomic E-state index is 0.0334. The molecule has 0 saturated carbocycles. The Morgan fingerprint density at radius 3 is 2.58 bits per heavy atom. The summed E-state index contributed by atoms with van der Waals surface area (Å²) in [4.78, 5) is 26.8. The monoisotopic (exact) mass is 260 g/mol. The molecule has 0 spiro atoms. The molecule has 100 valence electrons. The van der Waals surface area contributed by atoms with E-state index in [-0.39, 0.29) is 24.3 Å². The molecule has 0 aromatic heterocycles. The summed E-state index contributed by atoms with van der Waals surface area (Å²) in [7, 11) is 0. The van der Waals surface area contributed by atoms with Gasteiger partial charge in [-0.2, -0.15) is 0 Å². The summed E-state index contributed by atoms with van der Waals surface area (Å²) < 4.78 is 0. The third-order valence-corrected chi connectivity index (χ3v) is 3.94. The molecule has 5 nitrogen and oxygen atoms in total. The van der Waals surface area contributed by atoms with Crippen LogP contribution in [0.4, 0.5) is 5.69 Å². The van der Waals surface area contributed by atoms with E-state index < -0.39 is 5.97 Å². The van der Waals surface area contributed by atoms with Crippen molar-refractivity contribution in [3.05, 3.63) is 30.3 Å². The first-order valence-corrected chi connectivity index (χ1v) is 6.45. The van der Waals surface area contributed by atoms with Gasteiger partial charge >= 0.3 is 5.97 Å². The van der Waals surface area contributed by atoms with Gasteiger partial charge in [0.15, 0.2) is 0 Å². The van der Waals surface area contributed by atoms with Crippen LogP contribution in [0.25, 0.3) is 0 Å². The third-order valence-electron chi connectivity index (χ3n) is 3.94. The fraction of sp³-hybridized carbons (Fsp3) is 0.429. The smallest absolute Gasteiger partial charge is 0.317 e. The summed E-state index contributed by atoms with van der Waals surface area (Å²) in [6, 6.07) is 9.66. The molecule has 1 amide bonds. The quantitative estimate of drug-likeness (QED) is 0.867. The Hall–Kier alpha value is -1.88. The number of hydrogen-bond donors (Lipinski definition) is 1. The van der Waals surface area contributed by atoms with Crippen molar-refractivity contribution >= 4 is 17.6 Å². The normalized spacial score (nSPS) is 26.7. The second-order valence-electron chi connectivity index (χ2n) is 5.24. The van der Waals surface area contributed by atoms with Crippen LogP contribution >= 0.6 is 0 Å². The predicted molar refractivity (Wildman–Crippen MR) is 69.9 cm³/mol. The van der Waals surface area contributed by atoms with Crippen LogP contribution in [0, 0.1) is 11.8 Å². The van der Waals surface area contributed by atoms with Gasteiger partial charge in [-0.3, -0.25) is 14.5 Å². The molecule has 5 heteroatoms. The summed E-state index contributed by atoms with van der Waals surface area (Å²) in [6.45, 7) is 2.00. The number of carbonyl (C=O) groups is 2. The van der Waals surface area contributed by atoms with E-state index in [2.05, 4.69) is 0 Å². The van der Waals surface area contributed by atoms with Crippen molar-refractivity contribution in [3.8, 4) is 0 Å². The zero-order valence-electron chi connectivity index (χ0n) is 10.5. The Morgan fingerprint density at radius 1 is 1.21 bits per heavy atom. The molecule has 2 heterocycles. The molecule has 2 aliphatic rings. The second kappa shape index (κ2) is 4.66. The summed E-state index contributed by atoms with van der Waals surface area (Å²) in [6.07, 6.45) is 0. The molecular formula is C14H16N2O3. The van der Waals surface area contributed by atoms with Gasteiger partial charge in [0, 0.05) is 31.2 Å². The first-order chi connectivity index (χ1) is 9.15. The van der Waals surface area contributed by atoms with Crippen LogP contribution in [0.5, 0.6) is 0 Å². The second-order valence-corrected chi connectivity index (χ2v) is 5.24. The molecule has 1 aromatic carbocycles. The van der Waals surface area contributed by atoms with Crippen molar-refractivity contribution in [1.82, 2.24) is 4.90 Å². The third kappa shape index (κ3) is 2.21. The summed E-state index contributed by atoms with van der Waals surface area (Å²) in [5, 5.41) is 8.80. The zero-order valence-corrected chi connectivity index (χ0v) is 10.5. The van der Waals surface area contributed by atoms with Gasteiger partial charge in [-0.1, -0.05) is 18.2 Å². The number of carboxylic acid groups (broad SMARTS) is 1. The van der Waals surface area contributed by atoms with Crippen LogP contribution in [0.3, 0.4) is 0 Å². The number of hydrogen-bond acceptors (Lipinski definition) is 3. The lowest BCUT2D eigenvalue weighted by Crippen LogP contribution is -2.34. The Bertz CT molecular complexity index is 503. The average molecular weight is 260 g/mol. The fourth-order valence-corrected chi connectivity index (χ4v) is 3.11. The summed E-state index contributed by atoms with van der Waals surface area (Å²) in [5.74, 6) is -0.483. The van der Waals surface area contributed by atoms with Crippen LogP contribution < -0.4 is 4.90 Å². The molecule has 3 rings (SSSR count). The van der Waals surface area contributed by atoms with Crippen LogP contribution in [0.15, 0.2) is 30.3 Å². The van der Waals surface area contributed by atoms with E-state index in [4.69, 9.17) is 5.11 Å². The largest absolute Gasteiger partial charge is 0.480 e. The number of carbonyl (C=O) groups excluding carboxylic acids is 1. The lowest BCUT2D eigenvalue weighted by atomic mass is 10.0. The van der Waals surface area contributed by atoms with Crippen molar-refractivity contribution in [2.45, 2.75) is 0 Å². The number of aliphatic carboxylic acids is 1. The van der Waals surface area contributed by atoms with E-state index in [1.165, 1.54) is 0 Å². The molecule has 2 fully saturated rings. The minimum atomic E-state index is -0.827. The standard InChI is InChI=1S/C14H16N2O3/c17-13(18)9-15-6-10-7-16(14(19)12(10)8-15)11-4-2-1-3-5-11/h1-5,10,12H,6-9H2,(H,17,18)/t10-,12-/m0/s1. The number of rotatable bonds is 3. The van der Waals surface area contributed by atoms with Crippen molar-refractivity contribution < 1.29 is 14.7 Å². The average Bonchev–Trinajstić information content (AvgIpc) is 2.90. The number of benzene rings is 1. The van der Waals surface area contributed by atoms with Gasteiger partial charge in [0.2, 0.25) is 5.91 Å². The van der Waals surface area contributed by atoms with E-state index in [1.807, 2.05) is 40.1 Å². The van der Waals surface area contributed by atoms with Crippen LogP contribution in [-0.4, -0.2) is 48.1 Å². The van der Waals surface area contributed by atoms with Crippen LogP contribution in [0.1, 0.15) is 0 Å². The molecular weight excluding hydrogens is 244 g/mol. The maximum absolute atomic E-state index is 12.4. The number of carboxylic acids is 1. The maximum Gasteiger partial charge on any atom is 0.317 e. The molecule has 1 N–H and O–H groups in total. The Morgan fingerprint density at radius 2 is 1.95 bits per heavy atom. The summed E-state index contributed by atoms with van der Waals surface area (Å²) >= 11 is 0. The van der Waals surface area contributed by atoms with E-state index in [9.17, 15) is 9.59 Å². The Kier molecular flexibility index (Phi) is 2.98. The molecule has 2 atom stereocenters. The zero-order chi connectivity index (χ0) is 13.4. The van der Waals surface area contributed by atoms with Crippen molar-refractivity contribution in [2.24, 2.45) is 11.8 Å². The van der Waals surface area contributed by atoms with Crippen molar-refractivity contribution in [3.63, 3.8) is 0 Å². The first-order valence-electron chi connectivity index (χ1n) is 6.45. The van der Waals surface area contributed by atoms with Gasteiger partial charge in [-0.15, -0.1) is 0 Å². The lowest BCUT2D eigenvalue weighted by molar-refractivity contribution is -0.138. The Labute approximate surface area is 111 Å². The minimum Gasteiger partial charge on any atom is -0.480 e. The molecule has 0 unspecified atom stereocenters. The van der Waals surface area contributed by atoms with E-state index in [0.717, 1.165) is 5.69 Å². The van der Waals surface area contributed by atoms with Crippen LogP contribution in [-0.2, 0) is 9.59 Å². The van der Waals surface area contributed by atoms with E-state index in [0.29, 0.717) is 19.6 Å². The van der Waals surface area contributed by atoms with Gasteiger partial charge < -0.3 is 10.0 Å². The van der Waals surface area contributed by atoms with Gasteiger partial charge in [-0.05, 0) is 12.1 Å². The Balaban J connectivity index is 1.71. The van der Waals surface area contributed by atoms with E-state index in [1.54, 1.807) is 0 Å². The molecule has 0 bridgehead atoms. The van der Waals surface area contributed by atoms with Gasteiger partial charge in [0.1, 0.15) is 0 Å². The van der Waals surface area contributed by atoms with Crippen molar-refractivity contribution in [1.29, 1.82) is 0 Å². The highest BCUT2D eigenvalue weighted by Crippen LogP contribution is 2.34. The fourth-order valence-electron chi connectivity index (χ4n) is 3.11. The SMILES string of the molecule is O=C(O)CN1C[C@H]2CN(c3ccccc3)C(=O)[C@H]2C1. The van der Waals surface area contributed by atoms with Gasteiger partial charge in [-0.25, -0.2) is 0 Å². The highest BCUT2D eigenvalue weighted by Gasteiger charge is 2.46. The van der Waals surface area contributed by atoms with Crippen LogP contribution in [0.2, 0.25) is 0 Å². The maximum atomic E-state index is 12.4. The number of anilines is 1. The highest BCUT2D eigenvalue weighted by molar-refractivity contribution is 5.98. The summed E-state index contributed by atoms with van der Waals surface area (Å²) in [5.41, 5.74) is 0.937. The van der Waals surface area contributed by atoms with Gasteiger partial charge in [0.05, 0.1) is 12.5 Å². The highest BCUT2D eigenvalue weighted by atomic mass is 16.4. The molecule has 2 saturated heterocycles. The molecule has 19 heavy (non-hydrogen) atoms. The topological polar surface area (TPSA) is 60.9 Å². The molecule has 0 radical (unpaired) electrons. The lowest BCUT2D eigenvalue weighted by Gasteiger charge is -2.20. The predicted octanol–water partition coefficient (Wildman–Crippen LogP) is 0.666. The molecule has 1 aromatic rings. The van der Waals surface area contributed by atoms with Crippen molar-refractivity contribution in [2.75, 3.05) is 31.1 Å². The first kappa shape index (κ1) is 12.2. The number of para-hydroxylation sites is 1. The van der Waals surface area contributed by atoms with E-state index >= 15 is 0 Å². The molecule has 2 aliphatic heterocycles. The molecule has 0 aliphatic carbocycles. The van der Waals surface area contributed by atoms with Gasteiger partial charge in [0.25, 0.3) is 0 Å². The number of nitrogens with zero attached hydrogens (tertiary/aromatic N) is 2. The number of fused-ring (bicyclic) bond motifs is 1.